The van der Waals surface area contributed by atoms with E-state index in [9.17, 15) is 13.2 Å². The van der Waals surface area contributed by atoms with Crippen molar-refractivity contribution in [2.24, 2.45) is 0 Å². The molecule has 3 aromatic carbocycles. The van der Waals surface area contributed by atoms with Gasteiger partial charge in [-0.1, -0.05) is 30.3 Å². The average molecular weight is 453 g/mol. The number of carbonyl (C=O) groups excluding carboxylic acids is 1. The Balaban J connectivity index is 1.44. The van der Waals surface area contributed by atoms with Gasteiger partial charge in [-0.15, -0.1) is 11.8 Å². The predicted octanol–water partition coefficient (Wildman–Crippen LogP) is 5.21. The van der Waals surface area contributed by atoms with Crippen molar-refractivity contribution in [2.75, 3.05) is 16.2 Å². The molecule has 1 heterocycles. The number of amides is 1. The van der Waals surface area contributed by atoms with Gasteiger partial charge in [0.25, 0.3) is 10.0 Å². The molecule has 0 aliphatic carbocycles. The van der Waals surface area contributed by atoms with Crippen molar-refractivity contribution in [1.82, 2.24) is 0 Å². The van der Waals surface area contributed by atoms with Crippen LogP contribution < -0.4 is 9.62 Å². The summed E-state index contributed by atoms with van der Waals surface area (Å²) in [6, 6.07) is 22.4. The first-order valence-electron chi connectivity index (χ1n) is 10.1. The van der Waals surface area contributed by atoms with Crippen LogP contribution in [0.5, 0.6) is 0 Å². The fraction of sp³-hybridized carbons (Fsp3) is 0.208. The number of aryl methyl sites for hydroxylation is 1. The third-order valence-corrected chi connectivity index (χ3v) is 7.68. The molecule has 1 N–H and O–H groups in total. The molecule has 0 spiro atoms. The van der Waals surface area contributed by atoms with Crippen LogP contribution in [-0.2, 0) is 20.6 Å². The number of anilines is 2. The summed E-state index contributed by atoms with van der Waals surface area (Å²) >= 11 is 1.74. The highest BCUT2D eigenvalue weighted by atomic mass is 32.2. The van der Waals surface area contributed by atoms with E-state index in [-0.39, 0.29) is 10.8 Å². The SMILES string of the molecule is Cc1cc(CSc2ccccc2)ccc1NS(=O)(=O)c1ccc(N2CCCC2=O)cc1. The van der Waals surface area contributed by atoms with Crippen molar-refractivity contribution < 1.29 is 13.2 Å². The van der Waals surface area contributed by atoms with E-state index in [4.69, 9.17) is 0 Å². The van der Waals surface area contributed by atoms with Crippen molar-refractivity contribution in [3.8, 4) is 0 Å². The first kappa shape index (κ1) is 21.5. The van der Waals surface area contributed by atoms with Crippen LogP contribution in [0.1, 0.15) is 24.0 Å². The summed E-state index contributed by atoms with van der Waals surface area (Å²) in [5, 5.41) is 0. The number of carbonyl (C=O) groups is 1. The van der Waals surface area contributed by atoms with Crippen LogP contribution >= 0.6 is 11.8 Å². The molecule has 0 unspecified atom stereocenters. The number of rotatable bonds is 7. The minimum Gasteiger partial charge on any atom is -0.312 e. The van der Waals surface area contributed by atoms with E-state index in [1.54, 1.807) is 40.9 Å². The van der Waals surface area contributed by atoms with E-state index in [1.807, 2.05) is 43.3 Å². The number of hydrogen-bond acceptors (Lipinski definition) is 4. The first-order chi connectivity index (χ1) is 14.9. The van der Waals surface area contributed by atoms with Crippen molar-refractivity contribution in [3.63, 3.8) is 0 Å². The lowest BCUT2D eigenvalue weighted by molar-refractivity contribution is -0.117. The van der Waals surface area contributed by atoms with Crippen LogP contribution in [-0.4, -0.2) is 20.9 Å². The zero-order valence-electron chi connectivity index (χ0n) is 17.2. The fourth-order valence-corrected chi connectivity index (χ4v) is 5.54. The van der Waals surface area contributed by atoms with Gasteiger partial charge in [0.15, 0.2) is 0 Å². The number of hydrogen-bond donors (Lipinski definition) is 1. The molecule has 160 valence electrons. The van der Waals surface area contributed by atoms with Crippen molar-refractivity contribution >= 4 is 39.1 Å². The van der Waals surface area contributed by atoms with E-state index in [0.29, 0.717) is 18.7 Å². The zero-order chi connectivity index (χ0) is 21.8. The maximum atomic E-state index is 12.9. The molecule has 0 bridgehead atoms. The Hall–Kier alpha value is -2.77. The Bertz CT molecular complexity index is 1180. The fourth-order valence-electron chi connectivity index (χ4n) is 3.54. The van der Waals surface area contributed by atoms with Gasteiger partial charge in [-0.2, -0.15) is 0 Å². The number of benzene rings is 3. The number of nitrogens with one attached hydrogen (secondary N) is 1. The Morgan fingerprint density at radius 2 is 1.74 bits per heavy atom. The molecule has 0 saturated carbocycles. The van der Waals surface area contributed by atoms with Crippen LogP contribution in [0.25, 0.3) is 0 Å². The van der Waals surface area contributed by atoms with Gasteiger partial charge in [-0.05, 0) is 66.9 Å². The van der Waals surface area contributed by atoms with Crippen molar-refractivity contribution in [1.29, 1.82) is 0 Å². The van der Waals surface area contributed by atoms with Crippen molar-refractivity contribution in [3.05, 3.63) is 83.9 Å². The maximum Gasteiger partial charge on any atom is 0.261 e. The van der Waals surface area contributed by atoms with Gasteiger partial charge in [0, 0.05) is 29.3 Å². The summed E-state index contributed by atoms with van der Waals surface area (Å²) in [5.41, 5.74) is 3.30. The summed E-state index contributed by atoms with van der Waals surface area (Å²) in [4.78, 5) is 14.9. The molecule has 1 fully saturated rings. The van der Waals surface area contributed by atoms with Gasteiger partial charge < -0.3 is 4.90 Å². The van der Waals surface area contributed by atoms with E-state index in [1.165, 1.54) is 4.90 Å². The van der Waals surface area contributed by atoms with Gasteiger partial charge in [0.1, 0.15) is 0 Å². The molecule has 31 heavy (non-hydrogen) atoms. The molecule has 3 aromatic rings. The van der Waals surface area contributed by atoms with Crippen LogP contribution in [0.4, 0.5) is 11.4 Å². The Kier molecular flexibility index (Phi) is 6.34. The van der Waals surface area contributed by atoms with Gasteiger partial charge in [-0.3, -0.25) is 9.52 Å². The van der Waals surface area contributed by atoms with E-state index in [2.05, 4.69) is 16.9 Å². The monoisotopic (exact) mass is 452 g/mol. The molecule has 0 radical (unpaired) electrons. The van der Waals surface area contributed by atoms with Gasteiger partial charge >= 0.3 is 0 Å². The standard InChI is InChI=1S/C24H24N2O3S2/c1-18-16-19(17-30-21-6-3-2-4-7-21)9-14-23(18)25-31(28,29)22-12-10-20(11-13-22)26-15-5-8-24(26)27/h2-4,6-7,9-14,16,25H,5,8,15,17H2,1H3. The molecular weight excluding hydrogens is 428 g/mol. The average Bonchev–Trinajstić information content (AvgIpc) is 3.20. The molecule has 4 rings (SSSR count). The van der Waals surface area contributed by atoms with E-state index >= 15 is 0 Å². The minimum atomic E-state index is -3.72. The predicted molar refractivity (Wildman–Crippen MR) is 126 cm³/mol. The zero-order valence-corrected chi connectivity index (χ0v) is 18.9. The summed E-state index contributed by atoms with van der Waals surface area (Å²) in [6.07, 6.45) is 1.38. The first-order valence-corrected chi connectivity index (χ1v) is 12.6. The van der Waals surface area contributed by atoms with Gasteiger partial charge in [-0.25, -0.2) is 8.42 Å². The molecule has 1 amide bonds. The molecule has 0 aromatic heterocycles. The van der Waals surface area contributed by atoms with Gasteiger partial charge in [0.2, 0.25) is 5.91 Å². The second kappa shape index (κ2) is 9.16. The highest BCUT2D eigenvalue weighted by molar-refractivity contribution is 7.98. The van der Waals surface area contributed by atoms with Crippen LogP contribution in [0, 0.1) is 6.92 Å². The van der Waals surface area contributed by atoms with Gasteiger partial charge in [0.05, 0.1) is 10.6 Å². The maximum absolute atomic E-state index is 12.9. The molecule has 5 nitrogen and oxygen atoms in total. The van der Waals surface area contributed by atoms with E-state index in [0.717, 1.165) is 29.0 Å². The molecule has 1 saturated heterocycles. The Labute approximate surface area is 187 Å². The lowest BCUT2D eigenvalue weighted by Gasteiger charge is -2.16. The van der Waals surface area contributed by atoms with Crippen LogP contribution in [0.2, 0.25) is 0 Å². The number of nitrogens with zero attached hydrogens (tertiary/aromatic N) is 1. The lowest BCUT2D eigenvalue weighted by atomic mass is 10.1. The minimum absolute atomic E-state index is 0.0786. The topological polar surface area (TPSA) is 66.5 Å². The molecular formula is C24H24N2O3S2. The molecule has 0 atom stereocenters. The van der Waals surface area contributed by atoms with Crippen molar-refractivity contribution in [2.45, 2.75) is 35.3 Å². The highest BCUT2D eigenvalue weighted by Crippen LogP contribution is 2.27. The van der Waals surface area contributed by atoms with E-state index < -0.39 is 10.0 Å². The Morgan fingerprint density at radius 3 is 2.39 bits per heavy atom. The third-order valence-electron chi connectivity index (χ3n) is 5.22. The second-order valence-electron chi connectivity index (χ2n) is 7.50. The summed E-state index contributed by atoms with van der Waals surface area (Å²) in [7, 11) is -3.72. The number of thioether (sulfide) groups is 1. The molecule has 1 aliphatic rings. The quantitative estimate of drug-likeness (QED) is 0.500. The molecule has 1 aliphatic heterocycles. The lowest BCUT2D eigenvalue weighted by Crippen LogP contribution is -2.23. The van der Waals surface area contributed by atoms with Crippen LogP contribution in [0.3, 0.4) is 0 Å². The summed E-state index contributed by atoms with van der Waals surface area (Å²) in [5.74, 6) is 0.893. The summed E-state index contributed by atoms with van der Waals surface area (Å²) in [6.45, 7) is 2.58. The highest BCUT2D eigenvalue weighted by Gasteiger charge is 2.22. The third kappa shape index (κ3) is 5.11. The second-order valence-corrected chi connectivity index (χ2v) is 10.2. The number of sulfonamides is 1. The van der Waals surface area contributed by atoms with Crippen LogP contribution in [0.15, 0.2) is 82.6 Å². The smallest absolute Gasteiger partial charge is 0.261 e. The normalized spacial score (nSPS) is 14.1. The molecule has 7 heteroatoms. The Morgan fingerprint density at radius 1 is 1.00 bits per heavy atom. The summed E-state index contributed by atoms with van der Waals surface area (Å²) < 4.78 is 28.4. The largest absolute Gasteiger partial charge is 0.312 e.